The zero-order valence-electron chi connectivity index (χ0n) is 10.0. The molecule has 96 valence electrons. The van der Waals surface area contributed by atoms with Gasteiger partial charge in [-0.25, -0.2) is 0 Å². The summed E-state index contributed by atoms with van der Waals surface area (Å²) in [5.74, 6) is 0.503. The van der Waals surface area contributed by atoms with Crippen LogP contribution in [0.25, 0.3) is 16.7 Å². The lowest BCUT2D eigenvalue weighted by Gasteiger charge is -2.08. The second-order valence-corrected chi connectivity index (χ2v) is 3.91. The first-order valence-electron chi connectivity index (χ1n) is 5.55. The van der Waals surface area contributed by atoms with Crippen molar-refractivity contribution in [3.05, 3.63) is 51.0 Å². The van der Waals surface area contributed by atoms with E-state index in [1.54, 1.807) is 24.3 Å². The molecule has 19 heavy (non-hydrogen) atoms. The minimum atomic E-state index is -0.376. The highest BCUT2D eigenvalue weighted by Crippen LogP contribution is 2.19. The summed E-state index contributed by atoms with van der Waals surface area (Å²) in [6.07, 6.45) is 0. The van der Waals surface area contributed by atoms with Crippen molar-refractivity contribution >= 4 is 11.0 Å². The number of fused-ring (bicyclic) bond motifs is 1. The van der Waals surface area contributed by atoms with Crippen LogP contribution in [0.15, 0.2) is 39.9 Å². The molecule has 0 aliphatic heterocycles. The number of nitrogens with one attached hydrogen (secondary N) is 2. The number of aromatic amines is 2. The zero-order valence-corrected chi connectivity index (χ0v) is 10.0. The van der Waals surface area contributed by atoms with Gasteiger partial charge in [-0.1, -0.05) is 12.1 Å². The Kier molecular flexibility index (Phi) is 2.45. The number of hydrogen-bond acceptors (Lipinski definition) is 4. The zero-order chi connectivity index (χ0) is 13.4. The maximum Gasteiger partial charge on any atom is 0.292 e. The summed E-state index contributed by atoms with van der Waals surface area (Å²) in [6, 6.07) is 8.27. The number of methoxy groups -OCH3 is 1. The Morgan fingerprint density at radius 3 is 2.79 bits per heavy atom. The van der Waals surface area contributed by atoms with E-state index >= 15 is 0 Å². The number of H-pyrrole nitrogens is 2. The lowest BCUT2D eigenvalue weighted by molar-refractivity contribution is 0.411. The van der Waals surface area contributed by atoms with Gasteiger partial charge in [0, 0.05) is 6.07 Å². The van der Waals surface area contributed by atoms with E-state index in [0.717, 1.165) is 4.68 Å². The van der Waals surface area contributed by atoms with Gasteiger partial charge in [0.15, 0.2) is 5.52 Å². The molecule has 0 atom stereocenters. The van der Waals surface area contributed by atoms with Crippen molar-refractivity contribution < 1.29 is 4.74 Å². The van der Waals surface area contributed by atoms with Crippen LogP contribution in [0.4, 0.5) is 0 Å². The highest BCUT2D eigenvalue weighted by atomic mass is 16.5. The average Bonchev–Trinajstić information content (AvgIpc) is 2.78. The number of benzene rings is 1. The lowest BCUT2D eigenvalue weighted by atomic mass is 10.3. The lowest BCUT2D eigenvalue weighted by Crippen LogP contribution is -2.21. The van der Waals surface area contributed by atoms with Crippen LogP contribution >= 0.6 is 0 Å². The Labute approximate surface area is 106 Å². The molecule has 0 fully saturated rings. The molecule has 7 heteroatoms. The first-order chi connectivity index (χ1) is 9.20. The van der Waals surface area contributed by atoms with Crippen molar-refractivity contribution in [1.29, 1.82) is 0 Å². The van der Waals surface area contributed by atoms with E-state index in [9.17, 15) is 9.59 Å². The van der Waals surface area contributed by atoms with Gasteiger partial charge in [-0.2, -0.15) is 9.78 Å². The van der Waals surface area contributed by atoms with E-state index in [-0.39, 0.29) is 16.6 Å². The summed E-state index contributed by atoms with van der Waals surface area (Å²) in [5, 5.41) is 9.04. The minimum absolute atomic E-state index is 0.172. The monoisotopic (exact) mass is 258 g/mol. The second kappa shape index (κ2) is 4.13. The van der Waals surface area contributed by atoms with Crippen molar-refractivity contribution in [3.63, 3.8) is 0 Å². The first-order valence-corrected chi connectivity index (χ1v) is 5.55. The van der Waals surface area contributed by atoms with Crippen molar-refractivity contribution in [2.75, 3.05) is 7.11 Å². The van der Waals surface area contributed by atoms with Crippen molar-refractivity contribution in [3.8, 4) is 11.4 Å². The fourth-order valence-corrected chi connectivity index (χ4v) is 1.88. The fourth-order valence-electron chi connectivity index (χ4n) is 1.88. The van der Waals surface area contributed by atoms with Crippen LogP contribution in [0.1, 0.15) is 0 Å². The van der Waals surface area contributed by atoms with Crippen molar-refractivity contribution in [1.82, 2.24) is 20.0 Å². The molecule has 0 aliphatic carbocycles. The number of aromatic nitrogens is 4. The smallest absolute Gasteiger partial charge is 0.292 e. The van der Waals surface area contributed by atoms with Gasteiger partial charge in [0.05, 0.1) is 12.6 Å². The topological polar surface area (TPSA) is 92.8 Å². The third-order valence-corrected chi connectivity index (χ3v) is 2.77. The highest BCUT2D eigenvalue weighted by molar-refractivity contribution is 5.72. The van der Waals surface area contributed by atoms with Crippen molar-refractivity contribution in [2.45, 2.75) is 0 Å². The normalized spacial score (nSPS) is 10.8. The summed E-state index contributed by atoms with van der Waals surface area (Å²) in [6.45, 7) is 0. The van der Waals surface area contributed by atoms with Crippen LogP contribution in [-0.4, -0.2) is 27.1 Å². The molecule has 0 saturated heterocycles. The minimum Gasteiger partial charge on any atom is -0.494 e. The molecule has 2 N–H and O–H groups in total. The Balaban J connectivity index is 2.36. The first kappa shape index (κ1) is 11.3. The Bertz CT molecular complexity index is 859. The van der Waals surface area contributed by atoms with Crippen LogP contribution in [0, 0.1) is 0 Å². The highest BCUT2D eigenvalue weighted by Gasteiger charge is 2.11. The maximum absolute atomic E-state index is 12.0. The predicted molar refractivity (Wildman–Crippen MR) is 68.9 cm³/mol. The van der Waals surface area contributed by atoms with Crippen LogP contribution in [-0.2, 0) is 0 Å². The van der Waals surface area contributed by atoms with Gasteiger partial charge in [0.2, 0.25) is 0 Å². The van der Waals surface area contributed by atoms with Crippen LogP contribution < -0.4 is 15.9 Å². The molecule has 3 rings (SSSR count). The summed E-state index contributed by atoms with van der Waals surface area (Å²) in [7, 11) is 1.51. The van der Waals surface area contributed by atoms with Gasteiger partial charge < -0.3 is 4.74 Å². The number of para-hydroxylation sites is 2. The molecule has 3 aromatic rings. The third kappa shape index (κ3) is 1.71. The Morgan fingerprint density at radius 2 is 2.00 bits per heavy atom. The predicted octanol–water partition coefficient (Wildman–Crippen LogP) is 0.411. The van der Waals surface area contributed by atoms with E-state index in [1.807, 2.05) is 0 Å². The largest absolute Gasteiger partial charge is 0.494 e. The molecule has 1 aromatic carbocycles. The van der Waals surface area contributed by atoms with Crippen LogP contribution in [0.2, 0.25) is 0 Å². The molecule has 0 bridgehead atoms. The van der Waals surface area contributed by atoms with Crippen molar-refractivity contribution in [2.24, 2.45) is 0 Å². The molecule has 0 spiro atoms. The summed E-state index contributed by atoms with van der Waals surface area (Å²) < 4.78 is 6.33. The van der Waals surface area contributed by atoms with Gasteiger partial charge in [-0.15, -0.1) is 0 Å². The molecule has 2 aromatic heterocycles. The van der Waals surface area contributed by atoms with Crippen LogP contribution in [0.3, 0.4) is 0 Å². The maximum atomic E-state index is 12.0. The molecular weight excluding hydrogens is 248 g/mol. The average molecular weight is 258 g/mol. The van der Waals surface area contributed by atoms with Gasteiger partial charge in [0.1, 0.15) is 11.4 Å². The quantitative estimate of drug-likeness (QED) is 0.696. The molecule has 0 unspecified atom stereocenters. The number of ether oxygens (including phenoxy) is 1. The van der Waals surface area contributed by atoms with Gasteiger partial charge in [-0.05, 0) is 12.1 Å². The summed E-state index contributed by atoms with van der Waals surface area (Å²) in [4.78, 5) is 23.6. The Hall–Kier alpha value is -2.83. The second-order valence-electron chi connectivity index (χ2n) is 3.91. The molecule has 0 radical (unpaired) electrons. The van der Waals surface area contributed by atoms with Gasteiger partial charge in [0.25, 0.3) is 11.1 Å². The van der Waals surface area contributed by atoms with Gasteiger partial charge >= 0.3 is 0 Å². The SMILES string of the molecule is COc1ccccc1-n1nc2c(=O)[nH][nH]c2cc1=O. The van der Waals surface area contributed by atoms with E-state index in [0.29, 0.717) is 17.0 Å². The Morgan fingerprint density at radius 1 is 1.21 bits per heavy atom. The molecular formula is C12H10N4O3. The molecule has 0 amide bonds. The number of nitrogens with zero attached hydrogens (tertiary/aromatic N) is 2. The summed E-state index contributed by atoms with van der Waals surface area (Å²) >= 11 is 0. The molecule has 7 nitrogen and oxygen atoms in total. The fraction of sp³-hybridized carbons (Fsp3) is 0.0833. The molecule has 0 saturated carbocycles. The van der Waals surface area contributed by atoms with Crippen LogP contribution in [0.5, 0.6) is 5.75 Å². The van der Waals surface area contributed by atoms with Gasteiger partial charge in [-0.3, -0.25) is 19.8 Å². The summed E-state index contributed by atoms with van der Waals surface area (Å²) in [5.41, 5.74) is 0.301. The molecule has 0 aliphatic rings. The van der Waals surface area contributed by atoms with E-state index in [2.05, 4.69) is 15.3 Å². The number of hydrogen-bond donors (Lipinski definition) is 2. The van der Waals surface area contributed by atoms with E-state index in [4.69, 9.17) is 4.74 Å². The number of rotatable bonds is 2. The molecule has 2 heterocycles. The third-order valence-electron chi connectivity index (χ3n) is 2.77. The van der Waals surface area contributed by atoms with E-state index < -0.39 is 0 Å². The standard InChI is InChI=1S/C12H10N4O3/c1-19-9-5-3-2-4-8(9)16-10(17)6-7-11(15-16)12(18)14-13-7/h2-6,13H,1H3,(H,14,18). The van der Waals surface area contributed by atoms with E-state index in [1.165, 1.54) is 13.2 Å².